The third-order valence-electron chi connectivity index (χ3n) is 4.53. The molecule has 32 heavy (non-hydrogen) atoms. The summed E-state index contributed by atoms with van der Waals surface area (Å²) in [6, 6.07) is 7.48. The third-order valence-corrected chi connectivity index (χ3v) is 5.78. The number of fused-ring (bicyclic) bond motifs is 1. The van der Waals surface area contributed by atoms with E-state index in [4.69, 9.17) is 25.8 Å². The molecular weight excluding hydrogens is 468 g/mol. The van der Waals surface area contributed by atoms with Crippen LogP contribution in [0.5, 0.6) is 23.0 Å². The molecule has 7 nitrogen and oxygen atoms in total. The van der Waals surface area contributed by atoms with Gasteiger partial charge >= 0.3 is 6.61 Å². The minimum absolute atomic E-state index is 0.0388. The van der Waals surface area contributed by atoms with Crippen LogP contribution in [0, 0.1) is 0 Å². The van der Waals surface area contributed by atoms with Crippen LogP contribution in [0.3, 0.4) is 0 Å². The molecule has 2 aliphatic heterocycles. The Bertz CT molecular complexity index is 1110. The van der Waals surface area contributed by atoms with Crippen molar-refractivity contribution >= 4 is 40.6 Å². The molecule has 0 radical (unpaired) electrons. The number of hydrogen-bond acceptors (Lipinski definition) is 7. The average Bonchev–Trinajstić information content (AvgIpc) is 3.29. The Morgan fingerprint density at radius 1 is 1.19 bits per heavy atom. The lowest BCUT2D eigenvalue weighted by atomic mass is 10.1. The highest BCUT2D eigenvalue weighted by Crippen LogP contribution is 2.40. The standard InChI is InChI=1S/C21H16ClF2NO6S/c1-2-28-15-5-11(3-4-14(15)31-20(23)24)6-18-19(26)25(21(27)32-18)9-12-7-16-17(8-13(12)22)30-10-29-16/h3-8,20H,2,9-10H2,1H3/b18-6-. The molecule has 0 unspecified atom stereocenters. The zero-order valence-corrected chi connectivity index (χ0v) is 18.2. The van der Waals surface area contributed by atoms with Gasteiger partial charge < -0.3 is 18.9 Å². The first-order chi connectivity index (χ1) is 15.4. The van der Waals surface area contributed by atoms with Gasteiger partial charge in [0.2, 0.25) is 6.79 Å². The lowest BCUT2D eigenvalue weighted by Gasteiger charge is -2.14. The second kappa shape index (κ2) is 9.25. The van der Waals surface area contributed by atoms with Crippen molar-refractivity contribution in [2.75, 3.05) is 13.4 Å². The molecule has 0 atom stereocenters. The minimum Gasteiger partial charge on any atom is -0.490 e. The lowest BCUT2D eigenvalue weighted by molar-refractivity contribution is -0.123. The summed E-state index contributed by atoms with van der Waals surface area (Å²) in [6.07, 6.45) is 1.49. The summed E-state index contributed by atoms with van der Waals surface area (Å²) in [5, 5.41) is -0.120. The van der Waals surface area contributed by atoms with Gasteiger partial charge in [0, 0.05) is 11.1 Å². The predicted molar refractivity (Wildman–Crippen MR) is 113 cm³/mol. The summed E-state index contributed by atoms with van der Waals surface area (Å²) in [6.45, 7) is -1.03. The molecular formula is C21H16ClF2NO6S. The molecule has 0 spiro atoms. The van der Waals surface area contributed by atoms with Gasteiger partial charge in [0.15, 0.2) is 23.0 Å². The number of halogens is 3. The lowest BCUT2D eigenvalue weighted by Crippen LogP contribution is -2.27. The largest absolute Gasteiger partial charge is 0.490 e. The van der Waals surface area contributed by atoms with Crippen molar-refractivity contribution in [1.82, 2.24) is 4.90 Å². The summed E-state index contributed by atoms with van der Waals surface area (Å²) in [7, 11) is 0. The van der Waals surface area contributed by atoms with E-state index in [1.165, 1.54) is 24.3 Å². The maximum atomic E-state index is 12.9. The first-order valence-electron chi connectivity index (χ1n) is 9.40. The van der Waals surface area contributed by atoms with Crippen LogP contribution in [-0.2, 0) is 11.3 Å². The SMILES string of the molecule is CCOc1cc(/C=C2\SC(=O)N(Cc3cc4c(cc3Cl)OCO4)C2=O)ccc1OC(F)F. The van der Waals surface area contributed by atoms with E-state index in [0.717, 1.165) is 16.7 Å². The molecule has 168 valence electrons. The molecule has 0 bridgehead atoms. The maximum absolute atomic E-state index is 12.9. The zero-order valence-electron chi connectivity index (χ0n) is 16.6. The van der Waals surface area contributed by atoms with Gasteiger partial charge in [0.1, 0.15) is 0 Å². The Balaban J connectivity index is 1.55. The molecule has 2 amide bonds. The van der Waals surface area contributed by atoms with Gasteiger partial charge in [-0.15, -0.1) is 0 Å². The minimum atomic E-state index is -3.00. The molecule has 11 heteroatoms. The van der Waals surface area contributed by atoms with Crippen molar-refractivity contribution in [2.45, 2.75) is 20.1 Å². The molecule has 1 saturated heterocycles. The molecule has 0 N–H and O–H groups in total. The quantitative estimate of drug-likeness (QED) is 0.494. The van der Waals surface area contributed by atoms with Gasteiger partial charge in [-0.1, -0.05) is 17.7 Å². The maximum Gasteiger partial charge on any atom is 0.387 e. The van der Waals surface area contributed by atoms with Crippen molar-refractivity contribution in [3.05, 3.63) is 51.4 Å². The first-order valence-corrected chi connectivity index (χ1v) is 10.6. The average molecular weight is 484 g/mol. The number of carbonyl (C=O) groups is 2. The molecule has 2 aliphatic rings. The molecule has 2 heterocycles. The van der Waals surface area contributed by atoms with Crippen LogP contribution in [-0.4, -0.2) is 36.1 Å². The highest BCUT2D eigenvalue weighted by molar-refractivity contribution is 8.18. The first kappa shape index (κ1) is 22.2. The molecule has 0 saturated carbocycles. The number of benzene rings is 2. The summed E-state index contributed by atoms with van der Waals surface area (Å²) in [4.78, 5) is 26.6. The number of ether oxygens (including phenoxy) is 4. The van der Waals surface area contributed by atoms with Crippen LogP contribution in [0.25, 0.3) is 6.08 Å². The van der Waals surface area contributed by atoms with E-state index in [2.05, 4.69) is 4.74 Å². The number of carbonyl (C=O) groups excluding carboxylic acids is 2. The van der Waals surface area contributed by atoms with Crippen LogP contribution in [0.2, 0.25) is 5.02 Å². The molecule has 2 aromatic rings. The Morgan fingerprint density at radius 3 is 2.66 bits per heavy atom. The normalized spacial score (nSPS) is 16.4. The van der Waals surface area contributed by atoms with Crippen LogP contribution in [0.1, 0.15) is 18.1 Å². The van der Waals surface area contributed by atoms with Gasteiger partial charge in [0.25, 0.3) is 11.1 Å². The van der Waals surface area contributed by atoms with Crippen molar-refractivity contribution in [3.8, 4) is 23.0 Å². The third kappa shape index (κ3) is 4.61. The molecule has 0 aliphatic carbocycles. The van der Waals surface area contributed by atoms with Gasteiger partial charge in [-0.05, 0) is 54.1 Å². The van der Waals surface area contributed by atoms with Crippen molar-refractivity contribution in [1.29, 1.82) is 0 Å². The van der Waals surface area contributed by atoms with E-state index in [-0.39, 0.29) is 36.3 Å². The fraction of sp³-hybridized carbons (Fsp3) is 0.238. The molecule has 1 fully saturated rings. The smallest absolute Gasteiger partial charge is 0.387 e. The molecule has 2 aromatic carbocycles. The summed E-state index contributed by atoms with van der Waals surface area (Å²) in [5.74, 6) is 0.468. The summed E-state index contributed by atoms with van der Waals surface area (Å²) in [5.41, 5.74) is 1.02. The van der Waals surface area contributed by atoms with E-state index in [9.17, 15) is 18.4 Å². The Kier molecular flexibility index (Phi) is 6.43. The zero-order chi connectivity index (χ0) is 22.8. The van der Waals surface area contributed by atoms with Gasteiger partial charge in [-0.3, -0.25) is 14.5 Å². The highest BCUT2D eigenvalue weighted by atomic mass is 35.5. The van der Waals surface area contributed by atoms with Crippen LogP contribution < -0.4 is 18.9 Å². The Morgan fingerprint density at radius 2 is 1.94 bits per heavy atom. The number of nitrogens with zero attached hydrogens (tertiary/aromatic N) is 1. The van der Waals surface area contributed by atoms with E-state index < -0.39 is 17.8 Å². The van der Waals surface area contributed by atoms with E-state index in [0.29, 0.717) is 27.6 Å². The van der Waals surface area contributed by atoms with Gasteiger partial charge in [0.05, 0.1) is 18.1 Å². The fourth-order valence-corrected chi connectivity index (χ4v) is 4.17. The van der Waals surface area contributed by atoms with Crippen molar-refractivity contribution < 1.29 is 37.3 Å². The Labute approximate surface area is 190 Å². The Hall–Kier alpha value is -2.98. The second-order valence-corrected chi connectivity index (χ2v) is 7.98. The second-order valence-electron chi connectivity index (χ2n) is 6.58. The van der Waals surface area contributed by atoms with E-state index in [1.807, 2.05) is 0 Å². The van der Waals surface area contributed by atoms with Gasteiger partial charge in [-0.25, -0.2) is 0 Å². The van der Waals surface area contributed by atoms with Crippen molar-refractivity contribution in [3.63, 3.8) is 0 Å². The van der Waals surface area contributed by atoms with Crippen molar-refractivity contribution in [2.24, 2.45) is 0 Å². The van der Waals surface area contributed by atoms with E-state index >= 15 is 0 Å². The van der Waals surface area contributed by atoms with Crippen LogP contribution in [0.4, 0.5) is 13.6 Å². The number of rotatable bonds is 7. The number of alkyl halides is 2. The number of imide groups is 1. The van der Waals surface area contributed by atoms with Gasteiger partial charge in [-0.2, -0.15) is 8.78 Å². The predicted octanol–water partition coefficient (Wildman–Crippen LogP) is 5.31. The monoisotopic (exact) mass is 483 g/mol. The molecule has 4 rings (SSSR count). The summed E-state index contributed by atoms with van der Waals surface area (Å²) < 4.78 is 45.5. The van der Waals surface area contributed by atoms with Crippen LogP contribution >= 0.6 is 23.4 Å². The topological polar surface area (TPSA) is 74.3 Å². The fourth-order valence-electron chi connectivity index (χ4n) is 3.11. The van der Waals surface area contributed by atoms with E-state index in [1.54, 1.807) is 19.1 Å². The molecule has 0 aromatic heterocycles. The summed E-state index contributed by atoms with van der Waals surface area (Å²) >= 11 is 7.03. The number of thioether (sulfide) groups is 1. The number of hydrogen-bond donors (Lipinski definition) is 0. The highest BCUT2D eigenvalue weighted by Gasteiger charge is 2.35. The number of amides is 2. The van der Waals surface area contributed by atoms with Crippen LogP contribution in [0.15, 0.2) is 35.2 Å².